The number of unbranched alkanes of at least 4 members (excludes halogenated alkanes) is 2. The van der Waals surface area contributed by atoms with E-state index in [0.717, 1.165) is 42.4 Å². The number of hydrogen-bond acceptors (Lipinski definition) is 5. The SMILES string of the molecule is CCCCCC(CC(=O)Nc1cc(C(N)=O)ccc1C(C)(C)C)c1ccc(COC(C)=O)cc1OC. The number of anilines is 1. The van der Waals surface area contributed by atoms with Gasteiger partial charge < -0.3 is 20.5 Å². The van der Waals surface area contributed by atoms with E-state index in [-0.39, 0.29) is 36.2 Å². The maximum absolute atomic E-state index is 13.3. The zero-order valence-electron chi connectivity index (χ0n) is 22.4. The minimum absolute atomic E-state index is 0.0633. The lowest BCUT2D eigenvalue weighted by atomic mass is 9.84. The Morgan fingerprint density at radius 2 is 1.78 bits per heavy atom. The van der Waals surface area contributed by atoms with E-state index in [1.54, 1.807) is 19.2 Å². The van der Waals surface area contributed by atoms with Gasteiger partial charge in [0, 0.05) is 24.6 Å². The molecule has 196 valence electrons. The molecule has 1 atom stereocenters. The number of hydrogen-bond donors (Lipinski definition) is 2. The Morgan fingerprint density at radius 3 is 2.36 bits per heavy atom. The molecular formula is C29H40N2O5. The van der Waals surface area contributed by atoms with Crippen LogP contribution in [0.25, 0.3) is 0 Å². The van der Waals surface area contributed by atoms with Crippen LogP contribution in [0.15, 0.2) is 36.4 Å². The van der Waals surface area contributed by atoms with Gasteiger partial charge >= 0.3 is 5.97 Å². The summed E-state index contributed by atoms with van der Waals surface area (Å²) in [4.78, 5) is 36.3. The van der Waals surface area contributed by atoms with Crippen LogP contribution in [0, 0.1) is 0 Å². The van der Waals surface area contributed by atoms with Gasteiger partial charge in [0.2, 0.25) is 11.8 Å². The van der Waals surface area contributed by atoms with Crippen molar-refractivity contribution in [2.45, 2.75) is 84.7 Å². The highest BCUT2D eigenvalue weighted by atomic mass is 16.5. The maximum atomic E-state index is 13.3. The minimum Gasteiger partial charge on any atom is -0.496 e. The smallest absolute Gasteiger partial charge is 0.302 e. The zero-order chi connectivity index (χ0) is 26.9. The Bertz CT molecular complexity index is 1070. The number of esters is 1. The van der Waals surface area contributed by atoms with Crippen LogP contribution in [-0.2, 0) is 26.3 Å². The lowest BCUT2D eigenvalue weighted by Crippen LogP contribution is -2.22. The van der Waals surface area contributed by atoms with Gasteiger partial charge in [-0.25, -0.2) is 0 Å². The van der Waals surface area contributed by atoms with Crippen LogP contribution in [0.3, 0.4) is 0 Å². The van der Waals surface area contributed by atoms with Crippen molar-refractivity contribution in [3.63, 3.8) is 0 Å². The van der Waals surface area contributed by atoms with Crippen molar-refractivity contribution in [3.05, 3.63) is 58.7 Å². The van der Waals surface area contributed by atoms with Crippen molar-refractivity contribution in [2.24, 2.45) is 5.73 Å². The summed E-state index contributed by atoms with van der Waals surface area (Å²) in [5.41, 5.74) is 8.89. The molecule has 7 heteroatoms. The molecule has 1 unspecified atom stereocenters. The number of nitrogens with two attached hydrogens (primary N) is 1. The highest BCUT2D eigenvalue weighted by Crippen LogP contribution is 2.35. The van der Waals surface area contributed by atoms with Gasteiger partial charge in [-0.05, 0) is 52.6 Å². The number of benzene rings is 2. The molecular weight excluding hydrogens is 456 g/mol. The van der Waals surface area contributed by atoms with Gasteiger partial charge in [0.25, 0.3) is 0 Å². The third-order valence-corrected chi connectivity index (χ3v) is 6.15. The monoisotopic (exact) mass is 496 g/mol. The van der Waals surface area contributed by atoms with Crippen molar-refractivity contribution in [2.75, 3.05) is 12.4 Å². The number of nitrogens with one attached hydrogen (secondary N) is 1. The Morgan fingerprint density at radius 1 is 1.06 bits per heavy atom. The van der Waals surface area contributed by atoms with Gasteiger partial charge in [-0.2, -0.15) is 0 Å². The van der Waals surface area contributed by atoms with Crippen LogP contribution in [0.2, 0.25) is 0 Å². The first-order valence-corrected chi connectivity index (χ1v) is 12.5. The minimum atomic E-state index is -0.540. The third kappa shape index (κ3) is 8.40. The first kappa shape index (κ1) is 28.9. The Balaban J connectivity index is 2.33. The van der Waals surface area contributed by atoms with E-state index in [1.165, 1.54) is 6.92 Å². The summed E-state index contributed by atoms with van der Waals surface area (Å²) in [5, 5.41) is 3.04. The number of primary amides is 1. The van der Waals surface area contributed by atoms with E-state index < -0.39 is 5.91 Å². The number of amides is 2. The first-order valence-electron chi connectivity index (χ1n) is 12.5. The van der Waals surface area contributed by atoms with Gasteiger partial charge in [-0.3, -0.25) is 14.4 Å². The van der Waals surface area contributed by atoms with Gasteiger partial charge in [-0.15, -0.1) is 0 Å². The normalized spacial score (nSPS) is 12.1. The van der Waals surface area contributed by atoms with E-state index in [2.05, 4.69) is 33.0 Å². The summed E-state index contributed by atoms with van der Waals surface area (Å²) in [6, 6.07) is 10.9. The van der Waals surface area contributed by atoms with Crippen LogP contribution >= 0.6 is 0 Å². The summed E-state index contributed by atoms with van der Waals surface area (Å²) in [5.74, 6) is -0.425. The summed E-state index contributed by atoms with van der Waals surface area (Å²) in [6.07, 6.45) is 4.21. The molecule has 7 nitrogen and oxygen atoms in total. The molecule has 0 saturated carbocycles. The topological polar surface area (TPSA) is 108 Å². The quantitative estimate of drug-likeness (QED) is 0.283. The molecule has 0 radical (unpaired) electrons. The van der Waals surface area contributed by atoms with Crippen LogP contribution < -0.4 is 15.8 Å². The van der Waals surface area contributed by atoms with Gasteiger partial charge in [0.15, 0.2) is 0 Å². The molecule has 0 saturated heterocycles. The molecule has 0 heterocycles. The Hall–Kier alpha value is -3.35. The van der Waals surface area contributed by atoms with Crippen molar-refractivity contribution in [3.8, 4) is 5.75 Å². The van der Waals surface area contributed by atoms with Gasteiger partial charge in [-0.1, -0.05) is 65.2 Å². The molecule has 0 spiro atoms. The Kier molecular flexibility index (Phi) is 10.5. The zero-order valence-corrected chi connectivity index (χ0v) is 22.4. The molecule has 0 aliphatic carbocycles. The van der Waals surface area contributed by atoms with E-state index >= 15 is 0 Å². The molecule has 2 amide bonds. The highest BCUT2D eigenvalue weighted by molar-refractivity contribution is 5.97. The summed E-state index contributed by atoms with van der Waals surface area (Å²) in [6.45, 7) is 9.84. The standard InChI is InChI=1S/C29H40N2O5/c1-7-8-9-10-21(23-13-11-20(15-26(23)35-6)18-36-19(2)32)17-27(33)31-25-16-22(28(30)34)12-14-24(25)29(3,4)5/h11-16,21H,7-10,17-18H2,1-6H3,(H2,30,34)(H,31,33). The molecule has 2 aromatic rings. The average molecular weight is 497 g/mol. The fourth-order valence-corrected chi connectivity index (χ4v) is 4.26. The van der Waals surface area contributed by atoms with Crippen molar-refractivity contribution in [1.82, 2.24) is 0 Å². The maximum Gasteiger partial charge on any atom is 0.302 e. The molecule has 36 heavy (non-hydrogen) atoms. The second-order valence-corrected chi connectivity index (χ2v) is 10.2. The molecule has 2 rings (SSSR count). The highest BCUT2D eigenvalue weighted by Gasteiger charge is 2.24. The van der Waals surface area contributed by atoms with Crippen molar-refractivity contribution >= 4 is 23.5 Å². The summed E-state index contributed by atoms with van der Waals surface area (Å²) >= 11 is 0. The predicted octanol–water partition coefficient (Wildman–Crippen LogP) is 5.85. The van der Waals surface area contributed by atoms with Crippen molar-refractivity contribution < 1.29 is 23.9 Å². The van der Waals surface area contributed by atoms with E-state index in [9.17, 15) is 14.4 Å². The molecule has 2 aromatic carbocycles. The predicted molar refractivity (Wildman–Crippen MR) is 142 cm³/mol. The number of carbonyl (C=O) groups is 3. The molecule has 0 bridgehead atoms. The molecule has 0 aliphatic heterocycles. The third-order valence-electron chi connectivity index (χ3n) is 6.15. The fourth-order valence-electron chi connectivity index (χ4n) is 4.26. The second kappa shape index (κ2) is 13.1. The van der Waals surface area contributed by atoms with Crippen LogP contribution in [-0.4, -0.2) is 24.9 Å². The summed E-state index contributed by atoms with van der Waals surface area (Å²) in [7, 11) is 1.60. The van der Waals surface area contributed by atoms with Gasteiger partial charge in [0.1, 0.15) is 12.4 Å². The molecule has 0 aliphatic rings. The van der Waals surface area contributed by atoms with E-state index in [0.29, 0.717) is 17.0 Å². The molecule has 0 aromatic heterocycles. The molecule has 3 N–H and O–H groups in total. The van der Waals surface area contributed by atoms with Crippen LogP contribution in [0.1, 0.15) is 99.7 Å². The first-order chi connectivity index (χ1) is 17.0. The largest absolute Gasteiger partial charge is 0.496 e. The average Bonchev–Trinajstić information content (AvgIpc) is 2.81. The van der Waals surface area contributed by atoms with Crippen LogP contribution in [0.5, 0.6) is 5.75 Å². The second-order valence-electron chi connectivity index (χ2n) is 10.2. The lowest BCUT2D eigenvalue weighted by molar-refractivity contribution is -0.142. The number of methoxy groups -OCH3 is 1. The molecule has 0 fully saturated rings. The summed E-state index contributed by atoms with van der Waals surface area (Å²) < 4.78 is 10.8. The number of rotatable bonds is 12. The van der Waals surface area contributed by atoms with Crippen LogP contribution in [0.4, 0.5) is 5.69 Å². The lowest BCUT2D eigenvalue weighted by Gasteiger charge is -2.25. The van der Waals surface area contributed by atoms with E-state index in [1.807, 2.05) is 24.3 Å². The fraction of sp³-hybridized carbons (Fsp3) is 0.483. The van der Waals surface area contributed by atoms with Gasteiger partial charge in [0.05, 0.1) is 7.11 Å². The van der Waals surface area contributed by atoms with Crippen molar-refractivity contribution in [1.29, 1.82) is 0 Å². The number of ether oxygens (including phenoxy) is 2. The Labute approximate surface area is 214 Å². The number of carbonyl (C=O) groups excluding carboxylic acids is 3. The van der Waals surface area contributed by atoms with E-state index in [4.69, 9.17) is 15.2 Å².